The summed E-state index contributed by atoms with van der Waals surface area (Å²) >= 11 is 1.72. The van der Waals surface area contributed by atoms with Crippen LogP contribution in [0.3, 0.4) is 0 Å². The van der Waals surface area contributed by atoms with Crippen LogP contribution in [-0.4, -0.2) is 30.8 Å². The number of aromatic nitrogens is 5. The van der Waals surface area contributed by atoms with Crippen LogP contribution in [-0.2, 0) is 13.5 Å². The molecule has 4 aromatic rings. The summed E-state index contributed by atoms with van der Waals surface area (Å²) in [6, 6.07) is 6.23. The summed E-state index contributed by atoms with van der Waals surface area (Å²) in [6.07, 6.45) is 6.25. The Kier molecular flexibility index (Phi) is 4.15. The highest BCUT2D eigenvalue weighted by Gasteiger charge is 2.15. The number of hydrogen-bond acceptors (Lipinski definition) is 6. The Hall–Kier alpha value is -2.80. The molecule has 4 rings (SSSR count). The van der Waals surface area contributed by atoms with Gasteiger partial charge in [-0.1, -0.05) is 0 Å². The zero-order chi connectivity index (χ0) is 17.2. The van der Waals surface area contributed by atoms with E-state index in [0.717, 1.165) is 28.8 Å². The Morgan fingerprint density at radius 2 is 2.04 bits per heavy atom. The first-order chi connectivity index (χ1) is 12.2. The summed E-state index contributed by atoms with van der Waals surface area (Å²) < 4.78 is 1.77. The van der Waals surface area contributed by atoms with Gasteiger partial charge < -0.3 is 5.32 Å². The number of rotatable bonds is 5. The van der Waals surface area contributed by atoms with E-state index in [1.807, 2.05) is 25.4 Å². The summed E-state index contributed by atoms with van der Waals surface area (Å²) in [5, 5.41) is 13.1. The van der Waals surface area contributed by atoms with Crippen molar-refractivity contribution in [2.24, 2.45) is 7.05 Å². The lowest BCUT2D eigenvalue weighted by molar-refractivity contribution is 0.782. The van der Waals surface area contributed by atoms with Gasteiger partial charge in [0, 0.05) is 31.0 Å². The lowest BCUT2D eigenvalue weighted by Crippen LogP contribution is -2.19. The third kappa shape index (κ3) is 3.23. The average Bonchev–Trinajstić information content (AvgIpc) is 3.26. The minimum absolute atomic E-state index is 0.248. The number of nitrogens with one attached hydrogen (secondary N) is 1. The fraction of sp³-hybridized carbons (Fsp3) is 0.222. The Bertz CT molecular complexity index is 978. The predicted molar refractivity (Wildman–Crippen MR) is 101 cm³/mol. The standard InChI is InChI=1S/C18H18N6S/c1-12(9-13-5-8-25-11-13)21-17-15-10-20-24(2)18(15)23-16(22-17)14-3-6-19-7-4-14/h3-8,10-12H,9H2,1-2H3,(H,21,22,23)/t12-/m0/s1. The third-order valence-corrected chi connectivity index (χ3v) is 4.77. The third-order valence-electron chi connectivity index (χ3n) is 4.04. The second-order valence-corrected chi connectivity index (χ2v) is 6.80. The monoisotopic (exact) mass is 350 g/mol. The molecule has 0 bridgehead atoms. The zero-order valence-corrected chi connectivity index (χ0v) is 14.9. The van der Waals surface area contributed by atoms with Crippen LogP contribution in [0.15, 0.2) is 47.5 Å². The molecule has 7 heteroatoms. The summed E-state index contributed by atoms with van der Waals surface area (Å²) in [5.41, 5.74) is 3.08. The first-order valence-corrected chi connectivity index (χ1v) is 9.03. The molecule has 0 amide bonds. The molecule has 0 aromatic carbocycles. The fourth-order valence-corrected chi connectivity index (χ4v) is 3.49. The molecule has 4 aromatic heterocycles. The van der Waals surface area contributed by atoms with Crippen LogP contribution in [0.1, 0.15) is 12.5 Å². The highest BCUT2D eigenvalue weighted by Crippen LogP contribution is 2.25. The van der Waals surface area contributed by atoms with Crippen molar-refractivity contribution in [3.8, 4) is 11.4 Å². The van der Waals surface area contributed by atoms with Gasteiger partial charge in [0.1, 0.15) is 5.82 Å². The van der Waals surface area contributed by atoms with Gasteiger partial charge in [0.2, 0.25) is 0 Å². The number of hydrogen-bond donors (Lipinski definition) is 1. The SMILES string of the molecule is C[C@@H](Cc1ccsc1)Nc1nc(-c2ccncc2)nc2c1cnn2C. The van der Waals surface area contributed by atoms with Gasteiger partial charge in [-0.3, -0.25) is 9.67 Å². The van der Waals surface area contributed by atoms with Crippen molar-refractivity contribution < 1.29 is 0 Å². The Morgan fingerprint density at radius 1 is 1.20 bits per heavy atom. The van der Waals surface area contributed by atoms with Crippen LogP contribution in [0, 0.1) is 0 Å². The van der Waals surface area contributed by atoms with Gasteiger partial charge in [0.15, 0.2) is 11.5 Å². The van der Waals surface area contributed by atoms with Crippen molar-refractivity contribution in [1.82, 2.24) is 24.7 Å². The number of anilines is 1. The smallest absolute Gasteiger partial charge is 0.164 e. The van der Waals surface area contributed by atoms with Crippen LogP contribution in [0.2, 0.25) is 0 Å². The molecule has 126 valence electrons. The van der Waals surface area contributed by atoms with Gasteiger partial charge in [0.25, 0.3) is 0 Å². The number of aryl methyl sites for hydroxylation is 1. The van der Waals surface area contributed by atoms with E-state index in [4.69, 9.17) is 4.98 Å². The highest BCUT2D eigenvalue weighted by molar-refractivity contribution is 7.07. The minimum Gasteiger partial charge on any atom is -0.367 e. The summed E-state index contributed by atoms with van der Waals surface area (Å²) in [4.78, 5) is 13.5. The van der Waals surface area contributed by atoms with Crippen LogP contribution in [0.4, 0.5) is 5.82 Å². The molecule has 0 saturated heterocycles. The molecule has 1 N–H and O–H groups in total. The Balaban J connectivity index is 1.71. The van der Waals surface area contributed by atoms with Crippen molar-refractivity contribution in [3.63, 3.8) is 0 Å². The summed E-state index contributed by atoms with van der Waals surface area (Å²) in [6.45, 7) is 2.16. The average molecular weight is 350 g/mol. The van der Waals surface area contributed by atoms with E-state index in [2.05, 4.69) is 44.1 Å². The number of thiophene rings is 1. The van der Waals surface area contributed by atoms with E-state index < -0.39 is 0 Å². The first kappa shape index (κ1) is 15.7. The summed E-state index contributed by atoms with van der Waals surface area (Å²) in [7, 11) is 1.89. The van der Waals surface area contributed by atoms with E-state index >= 15 is 0 Å². The van der Waals surface area contributed by atoms with Crippen molar-refractivity contribution in [1.29, 1.82) is 0 Å². The van der Waals surface area contributed by atoms with Crippen molar-refractivity contribution in [2.45, 2.75) is 19.4 Å². The van der Waals surface area contributed by atoms with Crippen LogP contribution in [0.25, 0.3) is 22.4 Å². The van der Waals surface area contributed by atoms with E-state index in [0.29, 0.717) is 5.82 Å². The maximum absolute atomic E-state index is 4.75. The topological polar surface area (TPSA) is 68.5 Å². The molecule has 0 saturated carbocycles. The van der Waals surface area contributed by atoms with Gasteiger partial charge in [-0.15, -0.1) is 0 Å². The lowest BCUT2D eigenvalue weighted by Gasteiger charge is -2.15. The van der Waals surface area contributed by atoms with Gasteiger partial charge in [0.05, 0.1) is 11.6 Å². The molecule has 0 spiro atoms. The first-order valence-electron chi connectivity index (χ1n) is 8.08. The second kappa shape index (κ2) is 6.60. The van der Waals surface area contributed by atoms with E-state index in [1.54, 1.807) is 28.4 Å². The Labute approximate surface area is 149 Å². The van der Waals surface area contributed by atoms with Crippen LogP contribution < -0.4 is 5.32 Å². The van der Waals surface area contributed by atoms with Crippen LogP contribution >= 0.6 is 11.3 Å². The number of nitrogens with zero attached hydrogens (tertiary/aromatic N) is 5. The normalized spacial score (nSPS) is 12.4. The molecule has 0 fully saturated rings. The molecule has 0 aliphatic rings. The van der Waals surface area contributed by atoms with Crippen LogP contribution in [0.5, 0.6) is 0 Å². The minimum atomic E-state index is 0.248. The molecule has 0 unspecified atom stereocenters. The maximum atomic E-state index is 4.75. The molecular weight excluding hydrogens is 332 g/mol. The van der Waals surface area contributed by atoms with Crippen molar-refractivity contribution in [2.75, 3.05) is 5.32 Å². The maximum Gasteiger partial charge on any atom is 0.164 e. The predicted octanol–water partition coefficient (Wildman–Crippen LogP) is 3.53. The van der Waals surface area contributed by atoms with Gasteiger partial charge in [-0.25, -0.2) is 9.97 Å². The molecule has 0 aliphatic carbocycles. The Morgan fingerprint density at radius 3 is 2.80 bits per heavy atom. The second-order valence-electron chi connectivity index (χ2n) is 6.02. The van der Waals surface area contributed by atoms with Gasteiger partial charge in [-0.05, 0) is 47.9 Å². The molecule has 4 heterocycles. The van der Waals surface area contributed by atoms with E-state index in [9.17, 15) is 0 Å². The molecule has 0 radical (unpaired) electrons. The van der Waals surface area contributed by atoms with E-state index in [1.165, 1.54) is 5.56 Å². The lowest BCUT2D eigenvalue weighted by atomic mass is 10.1. The molecule has 6 nitrogen and oxygen atoms in total. The molecule has 25 heavy (non-hydrogen) atoms. The van der Waals surface area contributed by atoms with Crippen molar-refractivity contribution >= 4 is 28.2 Å². The van der Waals surface area contributed by atoms with Crippen molar-refractivity contribution in [3.05, 3.63) is 53.1 Å². The van der Waals surface area contributed by atoms with Gasteiger partial charge >= 0.3 is 0 Å². The molecule has 1 atom stereocenters. The van der Waals surface area contributed by atoms with E-state index in [-0.39, 0.29) is 6.04 Å². The quantitative estimate of drug-likeness (QED) is 0.596. The number of pyridine rings is 1. The molecule has 0 aliphatic heterocycles. The highest BCUT2D eigenvalue weighted by atomic mass is 32.1. The van der Waals surface area contributed by atoms with Gasteiger partial charge in [-0.2, -0.15) is 16.4 Å². The number of fused-ring (bicyclic) bond motifs is 1. The molecular formula is C18H18N6S. The largest absolute Gasteiger partial charge is 0.367 e. The fourth-order valence-electron chi connectivity index (χ4n) is 2.81. The zero-order valence-electron chi connectivity index (χ0n) is 14.0. The summed E-state index contributed by atoms with van der Waals surface area (Å²) in [5.74, 6) is 1.48.